The monoisotopic (exact) mass is 487 g/mol. The van der Waals surface area contributed by atoms with Crippen molar-refractivity contribution in [3.8, 4) is 0 Å². The number of benzene rings is 2. The van der Waals surface area contributed by atoms with Crippen LogP contribution in [0.1, 0.15) is 55.1 Å². The van der Waals surface area contributed by atoms with Crippen LogP contribution in [0.25, 0.3) is 10.8 Å². The van der Waals surface area contributed by atoms with Crippen LogP contribution < -0.4 is 5.56 Å². The molecule has 9 heteroatoms. The van der Waals surface area contributed by atoms with Gasteiger partial charge in [-0.3, -0.25) is 9.59 Å². The van der Waals surface area contributed by atoms with E-state index >= 15 is 0 Å². The Hall–Kier alpha value is -4.53. The van der Waals surface area contributed by atoms with Gasteiger partial charge in [0.15, 0.2) is 12.3 Å². The van der Waals surface area contributed by atoms with E-state index in [0.29, 0.717) is 22.0 Å². The molecule has 0 aliphatic carbocycles. The number of rotatable bonds is 8. The molecule has 0 aliphatic rings. The van der Waals surface area contributed by atoms with Gasteiger partial charge < -0.3 is 14.5 Å². The Morgan fingerprint density at radius 1 is 0.917 bits per heavy atom. The van der Waals surface area contributed by atoms with E-state index in [1.807, 2.05) is 30.3 Å². The highest BCUT2D eigenvalue weighted by molar-refractivity contribution is 6.05. The summed E-state index contributed by atoms with van der Waals surface area (Å²) in [6, 6.07) is 15.9. The smallest absolute Gasteiger partial charge is 0.359 e. The Kier molecular flexibility index (Phi) is 7.10. The fraction of sp³-hybridized carbons (Fsp3) is 0.222. The first kappa shape index (κ1) is 24.6. The summed E-state index contributed by atoms with van der Waals surface area (Å²) in [6.45, 7) is 4.78. The van der Waals surface area contributed by atoms with E-state index in [2.05, 4.69) is 10.1 Å². The van der Waals surface area contributed by atoms with Crippen molar-refractivity contribution >= 4 is 28.5 Å². The van der Waals surface area contributed by atoms with E-state index < -0.39 is 24.3 Å². The molecule has 0 saturated carbocycles. The van der Waals surface area contributed by atoms with Crippen LogP contribution in [-0.4, -0.2) is 45.7 Å². The summed E-state index contributed by atoms with van der Waals surface area (Å²) in [5.74, 6) is -1.88. The number of aromatic amines is 1. The highest BCUT2D eigenvalue weighted by Crippen LogP contribution is 2.20. The third kappa shape index (κ3) is 4.81. The van der Waals surface area contributed by atoms with Crippen molar-refractivity contribution in [2.24, 2.45) is 0 Å². The molecule has 4 aromatic rings. The van der Waals surface area contributed by atoms with Crippen molar-refractivity contribution in [3.63, 3.8) is 0 Å². The summed E-state index contributed by atoms with van der Waals surface area (Å²) in [6.07, 6.45) is 0. The van der Waals surface area contributed by atoms with E-state index in [9.17, 15) is 19.2 Å². The number of esters is 2. The van der Waals surface area contributed by atoms with Crippen molar-refractivity contribution in [2.45, 2.75) is 27.3 Å². The first-order chi connectivity index (χ1) is 17.3. The van der Waals surface area contributed by atoms with Gasteiger partial charge in [-0.05, 0) is 38.0 Å². The van der Waals surface area contributed by atoms with Gasteiger partial charge in [0.1, 0.15) is 0 Å². The molecular weight excluding hydrogens is 462 g/mol. The normalized spacial score (nSPS) is 10.9. The lowest BCUT2D eigenvalue weighted by atomic mass is 10.1. The Labute approximate surface area is 206 Å². The van der Waals surface area contributed by atoms with Crippen LogP contribution in [0, 0.1) is 13.8 Å². The molecule has 0 unspecified atom stereocenters. The molecule has 0 bridgehead atoms. The number of ether oxygens (including phenoxy) is 2. The molecule has 2 aromatic carbocycles. The number of hydrogen-bond acceptors (Lipinski definition) is 7. The van der Waals surface area contributed by atoms with Crippen molar-refractivity contribution < 1.29 is 23.9 Å². The number of Topliss-reactive ketones (excluding diaryl/α,β-unsaturated/α-hetero) is 1. The molecule has 0 spiro atoms. The van der Waals surface area contributed by atoms with Gasteiger partial charge in [-0.15, -0.1) is 0 Å². The number of ketones is 1. The maximum atomic E-state index is 13.0. The standard InChI is InChI=1S/C27H25N3O6/c1-4-35-26(33)22-16(2)23(28-17(22)3)21(31)15-36-27(34)24-19-12-8-9-13-20(19)25(32)30(29-24)14-18-10-6-5-7-11-18/h5-13,28H,4,14-15H2,1-3H3. The van der Waals surface area contributed by atoms with Crippen LogP contribution in [0.5, 0.6) is 0 Å². The minimum absolute atomic E-state index is 0.0690. The molecule has 0 amide bonds. The molecule has 9 nitrogen and oxygen atoms in total. The minimum Gasteiger partial charge on any atom is -0.462 e. The number of carbonyl (C=O) groups excluding carboxylic acids is 3. The van der Waals surface area contributed by atoms with Gasteiger partial charge >= 0.3 is 11.9 Å². The van der Waals surface area contributed by atoms with Crippen LogP contribution in [0.2, 0.25) is 0 Å². The molecular formula is C27H25N3O6. The largest absolute Gasteiger partial charge is 0.462 e. The Balaban J connectivity index is 1.60. The van der Waals surface area contributed by atoms with Crippen molar-refractivity contribution in [1.82, 2.24) is 14.8 Å². The second-order valence-corrected chi connectivity index (χ2v) is 8.19. The third-order valence-electron chi connectivity index (χ3n) is 5.77. The van der Waals surface area contributed by atoms with Crippen LogP contribution in [0.3, 0.4) is 0 Å². The number of aromatic nitrogens is 3. The lowest BCUT2D eigenvalue weighted by Crippen LogP contribution is -2.27. The predicted molar refractivity (Wildman–Crippen MR) is 132 cm³/mol. The van der Waals surface area contributed by atoms with E-state index in [4.69, 9.17) is 9.47 Å². The van der Waals surface area contributed by atoms with Gasteiger partial charge in [0.25, 0.3) is 5.56 Å². The zero-order valence-corrected chi connectivity index (χ0v) is 20.2. The van der Waals surface area contributed by atoms with Gasteiger partial charge in [0.05, 0.1) is 29.8 Å². The summed E-state index contributed by atoms with van der Waals surface area (Å²) in [7, 11) is 0. The molecule has 2 aromatic heterocycles. The summed E-state index contributed by atoms with van der Waals surface area (Å²) >= 11 is 0. The topological polar surface area (TPSA) is 120 Å². The maximum absolute atomic E-state index is 13.0. The number of H-pyrrole nitrogens is 1. The van der Waals surface area contributed by atoms with Crippen LogP contribution >= 0.6 is 0 Å². The average Bonchev–Trinajstić information content (AvgIpc) is 3.18. The molecule has 0 radical (unpaired) electrons. The van der Waals surface area contributed by atoms with Crippen LogP contribution in [0.4, 0.5) is 0 Å². The minimum atomic E-state index is -0.840. The number of carbonyl (C=O) groups is 3. The second kappa shape index (κ2) is 10.4. The molecule has 2 heterocycles. The SMILES string of the molecule is CCOC(=O)c1c(C)[nH]c(C(=O)COC(=O)c2nn(Cc3ccccc3)c(=O)c3ccccc23)c1C. The molecule has 184 valence electrons. The van der Waals surface area contributed by atoms with Crippen molar-refractivity contribution in [3.05, 3.63) is 98.7 Å². The summed E-state index contributed by atoms with van der Waals surface area (Å²) in [4.78, 5) is 53.9. The van der Waals surface area contributed by atoms with Gasteiger partial charge in [0, 0.05) is 11.1 Å². The van der Waals surface area contributed by atoms with Crippen LogP contribution in [0.15, 0.2) is 59.4 Å². The molecule has 1 N–H and O–H groups in total. The van der Waals surface area contributed by atoms with Gasteiger partial charge in [-0.25, -0.2) is 14.3 Å². The summed E-state index contributed by atoms with van der Waals surface area (Å²) in [5, 5.41) is 4.93. The molecule has 0 saturated heterocycles. The van der Waals surface area contributed by atoms with E-state index in [1.165, 1.54) is 4.68 Å². The summed E-state index contributed by atoms with van der Waals surface area (Å²) in [5.41, 5.74) is 1.79. The molecule has 0 fully saturated rings. The zero-order chi connectivity index (χ0) is 25.8. The Bertz CT molecular complexity index is 1520. The number of aryl methyl sites for hydroxylation is 1. The first-order valence-corrected chi connectivity index (χ1v) is 11.4. The van der Waals surface area contributed by atoms with Crippen molar-refractivity contribution in [2.75, 3.05) is 13.2 Å². The number of hydrogen-bond donors (Lipinski definition) is 1. The third-order valence-corrected chi connectivity index (χ3v) is 5.77. The number of nitrogens with one attached hydrogen (secondary N) is 1. The molecule has 0 aliphatic heterocycles. The van der Waals surface area contributed by atoms with Gasteiger partial charge in [-0.2, -0.15) is 5.10 Å². The molecule has 0 atom stereocenters. The van der Waals surface area contributed by atoms with Crippen LogP contribution in [-0.2, 0) is 16.0 Å². The fourth-order valence-corrected chi connectivity index (χ4v) is 4.06. The quantitative estimate of drug-likeness (QED) is 0.298. The fourth-order valence-electron chi connectivity index (χ4n) is 4.06. The predicted octanol–water partition coefficient (Wildman–Crippen LogP) is 3.61. The Morgan fingerprint density at radius 3 is 2.28 bits per heavy atom. The van der Waals surface area contributed by atoms with E-state index in [-0.39, 0.29) is 35.7 Å². The average molecular weight is 488 g/mol. The lowest BCUT2D eigenvalue weighted by Gasteiger charge is -2.11. The molecule has 36 heavy (non-hydrogen) atoms. The lowest BCUT2D eigenvalue weighted by molar-refractivity contribution is 0.0466. The molecule has 4 rings (SSSR count). The first-order valence-electron chi connectivity index (χ1n) is 11.4. The highest BCUT2D eigenvalue weighted by atomic mass is 16.5. The van der Waals surface area contributed by atoms with Crippen molar-refractivity contribution in [1.29, 1.82) is 0 Å². The number of nitrogens with zero attached hydrogens (tertiary/aromatic N) is 2. The zero-order valence-electron chi connectivity index (χ0n) is 20.2. The maximum Gasteiger partial charge on any atom is 0.359 e. The van der Waals surface area contributed by atoms with Gasteiger partial charge in [-0.1, -0.05) is 48.5 Å². The highest BCUT2D eigenvalue weighted by Gasteiger charge is 2.25. The Morgan fingerprint density at radius 2 is 1.58 bits per heavy atom. The summed E-state index contributed by atoms with van der Waals surface area (Å²) < 4.78 is 11.6. The van der Waals surface area contributed by atoms with E-state index in [1.54, 1.807) is 45.0 Å². The number of fused-ring (bicyclic) bond motifs is 1. The van der Waals surface area contributed by atoms with Gasteiger partial charge in [0.2, 0.25) is 5.78 Å². The second-order valence-electron chi connectivity index (χ2n) is 8.19. The van der Waals surface area contributed by atoms with E-state index in [0.717, 1.165) is 5.56 Å².